The molecule has 7 heteroatoms. The van der Waals surface area contributed by atoms with Crippen LogP contribution in [0.1, 0.15) is 37.0 Å². The molecule has 0 saturated carbocycles. The van der Waals surface area contributed by atoms with Gasteiger partial charge in [0.15, 0.2) is 0 Å². The largest absolute Gasteiger partial charge is 0.494 e. The number of amides is 1. The van der Waals surface area contributed by atoms with E-state index in [4.69, 9.17) is 9.47 Å². The van der Waals surface area contributed by atoms with E-state index in [2.05, 4.69) is 12.2 Å². The van der Waals surface area contributed by atoms with Gasteiger partial charge in [0.1, 0.15) is 17.2 Å². The maximum atomic E-state index is 12.4. The van der Waals surface area contributed by atoms with Crippen molar-refractivity contribution in [3.05, 3.63) is 58.1 Å². The highest BCUT2D eigenvalue weighted by molar-refractivity contribution is 6.05. The molecule has 0 aromatic heterocycles. The molecule has 0 aliphatic carbocycles. The molecule has 0 bridgehead atoms. The van der Waals surface area contributed by atoms with Gasteiger partial charge in [-0.2, -0.15) is 0 Å². The average molecular weight is 358 g/mol. The third-order valence-electron chi connectivity index (χ3n) is 3.61. The van der Waals surface area contributed by atoms with E-state index in [1.807, 2.05) is 0 Å². The summed E-state index contributed by atoms with van der Waals surface area (Å²) in [5.41, 5.74) is 0.284. The summed E-state index contributed by atoms with van der Waals surface area (Å²) in [5, 5.41) is 13.8. The molecule has 0 aliphatic rings. The molecule has 0 fully saturated rings. The smallest absolute Gasteiger partial charge is 0.296 e. The zero-order valence-corrected chi connectivity index (χ0v) is 14.9. The number of anilines is 1. The van der Waals surface area contributed by atoms with Crippen LogP contribution in [0.15, 0.2) is 42.5 Å². The van der Waals surface area contributed by atoms with Gasteiger partial charge in [0.2, 0.25) is 0 Å². The molecule has 0 atom stereocenters. The minimum absolute atomic E-state index is 0.117. The van der Waals surface area contributed by atoms with Crippen LogP contribution in [0, 0.1) is 10.1 Å². The van der Waals surface area contributed by atoms with Crippen molar-refractivity contribution in [3.8, 4) is 11.5 Å². The molecule has 0 spiro atoms. The summed E-state index contributed by atoms with van der Waals surface area (Å²) < 4.78 is 10.8. The van der Waals surface area contributed by atoms with Crippen molar-refractivity contribution in [3.63, 3.8) is 0 Å². The van der Waals surface area contributed by atoms with Crippen molar-refractivity contribution in [1.82, 2.24) is 0 Å². The molecule has 1 amide bonds. The molecular formula is C19H22N2O5. The van der Waals surface area contributed by atoms with Crippen molar-refractivity contribution in [2.45, 2.75) is 26.7 Å². The summed E-state index contributed by atoms with van der Waals surface area (Å²) in [6, 6.07) is 11.0. The predicted molar refractivity (Wildman–Crippen MR) is 99.1 cm³/mol. The lowest BCUT2D eigenvalue weighted by Gasteiger charge is -2.09. The highest BCUT2D eigenvalue weighted by Gasteiger charge is 2.18. The van der Waals surface area contributed by atoms with Crippen LogP contribution in [0.4, 0.5) is 11.4 Å². The van der Waals surface area contributed by atoms with E-state index >= 15 is 0 Å². The summed E-state index contributed by atoms with van der Waals surface area (Å²) in [7, 11) is 0. The summed E-state index contributed by atoms with van der Waals surface area (Å²) >= 11 is 0. The molecule has 7 nitrogen and oxygen atoms in total. The Kier molecular flexibility index (Phi) is 6.96. The van der Waals surface area contributed by atoms with E-state index in [0.717, 1.165) is 12.8 Å². The van der Waals surface area contributed by atoms with E-state index < -0.39 is 10.8 Å². The Morgan fingerprint density at radius 2 is 1.77 bits per heavy atom. The molecule has 1 N–H and O–H groups in total. The highest BCUT2D eigenvalue weighted by atomic mass is 16.6. The monoisotopic (exact) mass is 358 g/mol. The number of hydrogen-bond donors (Lipinski definition) is 1. The van der Waals surface area contributed by atoms with Gasteiger partial charge in [0, 0.05) is 5.56 Å². The molecule has 2 aromatic carbocycles. The maximum Gasteiger partial charge on any atom is 0.296 e. The van der Waals surface area contributed by atoms with Gasteiger partial charge in [-0.05, 0) is 49.7 Å². The number of nitro groups is 1. The van der Waals surface area contributed by atoms with E-state index in [1.54, 1.807) is 37.3 Å². The SMILES string of the molecule is CCCCOc1ccc(C(=O)Nc2ccc(OCC)cc2[N+](=O)[O-])cc1. The van der Waals surface area contributed by atoms with Gasteiger partial charge in [-0.15, -0.1) is 0 Å². The third-order valence-corrected chi connectivity index (χ3v) is 3.61. The first-order chi connectivity index (χ1) is 12.5. The van der Waals surface area contributed by atoms with Crippen LogP contribution in [0.25, 0.3) is 0 Å². The first-order valence-electron chi connectivity index (χ1n) is 8.50. The molecule has 2 rings (SSSR count). The Bertz CT molecular complexity index is 759. The second-order valence-electron chi connectivity index (χ2n) is 5.55. The van der Waals surface area contributed by atoms with Gasteiger partial charge in [-0.3, -0.25) is 14.9 Å². The van der Waals surface area contributed by atoms with Crippen LogP contribution in [0.3, 0.4) is 0 Å². The van der Waals surface area contributed by atoms with Crippen LogP contribution in [0.5, 0.6) is 11.5 Å². The summed E-state index contributed by atoms with van der Waals surface area (Å²) in [4.78, 5) is 23.1. The first-order valence-corrected chi connectivity index (χ1v) is 8.50. The Morgan fingerprint density at radius 3 is 2.38 bits per heavy atom. The minimum atomic E-state index is -0.553. The molecule has 2 aromatic rings. The van der Waals surface area contributed by atoms with Gasteiger partial charge in [0.25, 0.3) is 11.6 Å². The van der Waals surface area contributed by atoms with Crippen LogP contribution in [-0.4, -0.2) is 24.0 Å². The number of nitro benzene ring substituents is 1. The summed E-state index contributed by atoms with van der Waals surface area (Å²) in [6.45, 7) is 4.89. The number of hydrogen-bond acceptors (Lipinski definition) is 5. The third kappa shape index (κ3) is 5.20. The lowest BCUT2D eigenvalue weighted by molar-refractivity contribution is -0.384. The van der Waals surface area contributed by atoms with Gasteiger partial charge < -0.3 is 14.8 Å². The number of nitrogens with zero attached hydrogens (tertiary/aromatic N) is 1. The number of ether oxygens (including phenoxy) is 2. The van der Waals surface area contributed by atoms with Crippen LogP contribution < -0.4 is 14.8 Å². The Balaban J connectivity index is 2.10. The lowest BCUT2D eigenvalue weighted by Crippen LogP contribution is -2.13. The van der Waals surface area contributed by atoms with Gasteiger partial charge in [-0.25, -0.2) is 0 Å². The summed E-state index contributed by atoms with van der Waals surface area (Å²) in [6.07, 6.45) is 2.00. The minimum Gasteiger partial charge on any atom is -0.494 e. The molecule has 26 heavy (non-hydrogen) atoms. The van der Waals surface area contributed by atoms with Crippen LogP contribution in [-0.2, 0) is 0 Å². The standard InChI is InChI=1S/C19H22N2O5/c1-3-5-12-26-15-8-6-14(7-9-15)19(22)20-17-11-10-16(25-4-2)13-18(17)21(23)24/h6-11,13H,3-5,12H2,1-2H3,(H,20,22). The quantitative estimate of drug-likeness (QED) is 0.407. The fourth-order valence-corrected chi connectivity index (χ4v) is 2.26. The second-order valence-corrected chi connectivity index (χ2v) is 5.55. The number of benzene rings is 2. The van der Waals surface area contributed by atoms with Crippen molar-refractivity contribution < 1.29 is 19.2 Å². The number of nitrogens with one attached hydrogen (secondary N) is 1. The Labute approximate surface area is 152 Å². The number of carbonyl (C=O) groups is 1. The highest BCUT2D eigenvalue weighted by Crippen LogP contribution is 2.29. The zero-order chi connectivity index (χ0) is 18.9. The number of carbonyl (C=O) groups excluding carboxylic acids is 1. The number of rotatable bonds is 9. The van der Waals surface area contributed by atoms with Crippen LogP contribution in [0.2, 0.25) is 0 Å². The Morgan fingerprint density at radius 1 is 1.08 bits per heavy atom. The maximum absolute atomic E-state index is 12.4. The fraction of sp³-hybridized carbons (Fsp3) is 0.316. The topological polar surface area (TPSA) is 90.7 Å². The molecule has 0 unspecified atom stereocenters. The first kappa shape index (κ1) is 19.2. The van der Waals surface area contributed by atoms with Crippen LogP contribution >= 0.6 is 0 Å². The normalized spacial score (nSPS) is 10.2. The molecule has 0 aliphatic heterocycles. The van der Waals surface area contributed by atoms with Gasteiger partial charge in [0.05, 0.1) is 24.2 Å². The molecule has 0 saturated heterocycles. The van der Waals surface area contributed by atoms with Crippen molar-refractivity contribution in [1.29, 1.82) is 0 Å². The van der Waals surface area contributed by atoms with Crippen molar-refractivity contribution >= 4 is 17.3 Å². The van der Waals surface area contributed by atoms with E-state index in [9.17, 15) is 14.9 Å². The van der Waals surface area contributed by atoms with E-state index in [0.29, 0.717) is 30.3 Å². The van der Waals surface area contributed by atoms with Gasteiger partial charge in [-0.1, -0.05) is 13.3 Å². The average Bonchev–Trinajstić information content (AvgIpc) is 2.63. The molecular weight excluding hydrogens is 336 g/mol. The molecule has 0 radical (unpaired) electrons. The predicted octanol–water partition coefficient (Wildman–Crippen LogP) is 4.42. The zero-order valence-electron chi connectivity index (χ0n) is 14.9. The van der Waals surface area contributed by atoms with Crippen molar-refractivity contribution in [2.75, 3.05) is 18.5 Å². The van der Waals surface area contributed by atoms with Crippen molar-refractivity contribution in [2.24, 2.45) is 0 Å². The molecule has 138 valence electrons. The molecule has 0 heterocycles. The fourth-order valence-electron chi connectivity index (χ4n) is 2.26. The Hall–Kier alpha value is -3.09. The second kappa shape index (κ2) is 9.41. The summed E-state index contributed by atoms with van der Waals surface area (Å²) in [5.74, 6) is 0.630. The number of unbranched alkanes of at least 4 members (excludes halogenated alkanes) is 1. The lowest BCUT2D eigenvalue weighted by atomic mass is 10.2. The van der Waals surface area contributed by atoms with E-state index in [1.165, 1.54) is 12.1 Å². The van der Waals surface area contributed by atoms with Gasteiger partial charge >= 0.3 is 0 Å². The van der Waals surface area contributed by atoms with E-state index in [-0.39, 0.29) is 11.4 Å².